The highest BCUT2D eigenvalue weighted by molar-refractivity contribution is 7.47. The number of nitrogens with zero attached hydrogens (tertiary/aromatic N) is 1. The Balaban J connectivity index is 4.69. The minimum absolute atomic E-state index is 0.0360. The number of carbonyl (C=O) groups is 1. The third-order valence-corrected chi connectivity index (χ3v) is 9.50. The van der Waals surface area contributed by atoms with Gasteiger partial charge in [0.1, 0.15) is 13.2 Å². The van der Waals surface area contributed by atoms with Gasteiger partial charge in [0.15, 0.2) is 0 Å². The van der Waals surface area contributed by atoms with Gasteiger partial charge < -0.3 is 24.9 Å². The Morgan fingerprint density at radius 1 is 0.717 bits per heavy atom. The number of unbranched alkanes of at least 4 members (excludes halogenated alkanes) is 12. The van der Waals surface area contributed by atoms with Crippen molar-refractivity contribution in [1.29, 1.82) is 0 Å². The van der Waals surface area contributed by atoms with Crippen LogP contribution in [0, 0.1) is 0 Å². The van der Waals surface area contributed by atoms with Crippen LogP contribution in [0.15, 0.2) is 72.9 Å². The molecule has 53 heavy (non-hydrogen) atoms. The second-order valence-corrected chi connectivity index (χ2v) is 16.3. The second-order valence-electron chi connectivity index (χ2n) is 14.8. The molecule has 0 aromatic rings. The van der Waals surface area contributed by atoms with Crippen LogP contribution in [0.3, 0.4) is 0 Å². The van der Waals surface area contributed by atoms with Crippen LogP contribution < -0.4 is 5.32 Å². The maximum absolute atomic E-state index is 12.8. The van der Waals surface area contributed by atoms with Gasteiger partial charge in [-0.25, -0.2) is 4.57 Å². The van der Waals surface area contributed by atoms with Crippen molar-refractivity contribution in [3.63, 3.8) is 0 Å². The fourth-order valence-electron chi connectivity index (χ4n) is 5.22. The maximum Gasteiger partial charge on any atom is 0.472 e. The van der Waals surface area contributed by atoms with Gasteiger partial charge in [-0.15, -0.1) is 0 Å². The van der Waals surface area contributed by atoms with Crippen LogP contribution in [0.2, 0.25) is 0 Å². The molecule has 0 aliphatic carbocycles. The number of hydrogen-bond acceptors (Lipinski definition) is 6. The van der Waals surface area contributed by atoms with Gasteiger partial charge >= 0.3 is 7.82 Å². The Labute approximate surface area is 324 Å². The highest BCUT2D eigenvalue weighted by atomic mass is 31.2. The fourth-order valence-corrected chi connectivity index (χ4v) is 5.95. The number of hydrogen-bond donors (Lipinski definition) is 4. The topological polar surface area (TPSA) is 125 Å². The van der Waals surface area contributed by atoms with E-state index in [0.29, 0.717) is 30.3 Å². The standard InChI is InChI=1S/C43H77N2O7P/c1-6-8-10-12-14-15-16-17-18-19-23-27-31-35-42(47)41(39-52-53(49,50)51-38-37-45(3,4)5)44-43(48)36-32-28-24-21-20-22-26-30-34-40(46)33-29-25-13-11-9-7-2/h9,11,21-22,24-26,29-31,34-35,40-42,46-47H,6-8,10,12-20,23,27-28,32-33,36-39H2,1-5H3,(H-,44,48,49,50)/p+1/b11-9-,24-21-,26-22-,29-25-,34-30+,35-31+/t40?,41-,42+/m0/s1. The van der Waals surface area contributed by atoms with Crippen LogP contribution >= 0.6 is 7.82 Å². The number of aliphatic hydroxyl groups excluding tert-OH is 2. The molecule has 9 nitrogen and oxygen atoms in total. The minimum Gasteiger partial charge on any atom is -0.389 e. The van der Waals surface area contributed by atoms with E-state index in [1.54, 1.807) is 12.2 Å². The number of amides is 1. The molecule has 0 rings (SSSR count). The number of aliphatic hydroxyl groups is 2. The van der Waals surface area contributed by atoms with Crippen LogP contribution in [0.5, 0.6) is 0 Å². The molecule has 0 spiro atoms. The van der Waals surface area contributed by atoms with Gasteiger partial charge in [-0.05, 0) is 51.4 Å². The predicted octanol–water partition coefficient (Wildman–Crippen LogP) is 9.82. The van der Waals surface area contributed by atoms with Gasteiger partial charge in [0.25, 0.3) is 0 Å². The molecule has 4 N–H and O–H groups in total. The number of likely N-dealkylation sites (N-methyl/N-ethyl adjacent to an activating group) is 1. The molecule has 0 aromatic carbocycles. The molecule has 0 aliphatic rings. The lowest BCUT2D eigenvalue weighted by Gasteiger charge is -2.25. The zero-order valence-corrected chi connectivity index (χ0v) is 35.0. The van der Waals surface area contributed by atoms with E-state index in [1.807, 2.05) is 63.7 Å². The molecule has 0 fully saturated rings. The van der Waals surface area contributed by atoms with E-state index in [9.17, 15) is 24.5 Å². The Morgan fingerprint density at radius 3 is 1.98 bits per heavy atom. The van der Waals surface area contributed by atoms with Crippen LogP contribution in [-0.2, 0) is 18.4 Å². The summed E-state index contributed by atoms with van der Waals surface area (Å²) in [4.78, 5) is 23.0. The first-order valence-electron chi connectivity index (χ1n) is 20.4. The first kappa shape index (κ1) is 50.9. The van der Waals surface area contributed by atoms with E-state index in [0.717, 1.165) is 38.5 Å². The third-order valence-electron chi connectivity index (χ3n) is 8.51. The van der Waals surface area contributed by atoms with Crippen LogP contribution in [0.1, 0.15) is 136 Å². The van der Waals surface area contributed by atoms with E-state index < -0.39 is 26.1 Å². The van der Waals surface area contributed by atoms with Gasteiger partial charge in [-0.2, -0.15) is 0 Å². The highest BCUT2D eigenvalue weighted by Crippen LogP contribution is 2.43. The lowest BCUT2D eigenvalue weighted by atomic mass is 10.0. The number of quaternary nitrogens is 1. The average Bonchev–Trinajstić information content (AvgIpc) is 3.10. The van der Waals surface area contributed by atoms with Crippen molar-refractivity contribution >= 4 is 13.7 Å². The van der Waals surface area contributed by atoms with Gasteiger partial charge in [-0.3, -0.25) is 13.8 Å². The molecule has 0 aliphatic heterocycles. The molecule has 0 radical (unpaired) electrons. The molecule has 0 aromatic heterocycles. The van der Waals surface area contributed by atoms with Crippen LogP contribution in [-0.4, -0.2) is 84.6 Å². The Bertz CT molecular complexity index is 1110. The Kier molecular flexibility index (Phi) is 33.0. The van der Waals surface area contributed by atoms with Crippen molar-refractivity contribution in [3.8, 4) is 0 Å². The quantitative estimate of drug-likeness (QED) is 0.0166. The first-order chi connectivity index (χ1) is 25.4. The molecule has 1 amide bonds. The van der Waals surface area contributed by atoms with Crippen LogP contribution in [0.25, 0.3) is 0 Å². The molecule has 10 heteroatoms. The lowest BCUT2D eigenvalue weighted by Crippen LogP contribution is -2.45. The van der Waals surface area contributed by atoms with Crippen molar-refractivity contribution in [2.75, 3.05) is 40.9 Å². The SMILES string of the molecule is CC/C=C\C/C=C\CC(O)/C=C/C=C\C/C=C\CCCC(=O)N[C@@H](COP(=O)(O)OCC[N+](C)(C)C)[C@H](O)/C=C/CCCCCCCCCCCCC. The normalized spacial score (nSPS) is 15.8. The summed E-state index contributed by atoms with van der Waals surface area (Å²) in [5.41, 5.74) is 0. The van der Waals surface area contributed by atoms with Crippen molar-refractivity contribution in [2.45, 2.75) is 154 Å². The van der Waals surface area contributed by atoms with E-state index in [2.05, 4.69) is 37.4 Å². The number of allylic oxidation sites excluding steroid dienone is 9. The van der Waals surface area contributed by atoms with E-state index in [1.165, 1.54) is 57.8 Å². The van der Waals surface area contributed by atoms with Gasteiger partial charge in [-0.1, -0.05) is 151 Å². The maximum atomic E-state index is 12.8. The first-order valence-corrected chi connectivity index (χ1v) is 21.9. The molecule has 0 heterocycles. The molecular formula is C43H78N2O7P+. The number of rotatable bonds is 35. The summed E-state index contributed by atoms with van der Waals surface area (Å²) in [5.74, 6) is -0.264. The minimum atomic E-state index is -4.37. The Morgan fingerprint density at radius 2 is 1.32 bits per heavy atom. The van der Waals surface area contributed by atoms with Crippen molar-refractivity contribution in [2.24, 2.45) is 0 Å². The smallest absolute Gasteiger partial charge is 0.389 e. The monoisotopic (exact) mass is 766 g/mol. The second kappa shape index (κ2) is 34.4. The Hall–Kier alpha value is -2.10. The number of carbonyl (C=O) groups excluding carboxylic acids is 1. The molecule has 0 saturated heterocycles. The summed E-state index contributed by atoms with van der Waals surface area (Å²) in [6, 6.07) is -0.898. The van der Waals surface area contributed by atoms with Crippen molar-refractivity contribution in [3.05, 3.63) is 72.9 Å². The van der Waals surface area contributed by atoms with E-state index >= 15 is 0 Å². The summed E-state index contributed by atoms with van der Waals surface area (Å²) in [5, 5.41) is 23.7. The number of phosphoric acid groups is 1. The summed E-state index contributed by atoms with van der Waals surface area (Å²) >= 11 is 0. The van der Waals surface area contributed by atoms with Gasteiger partial charge in [0, 0.05) is 6.42 Å². The summed E-state index contributed by atoms with van der Waals surface area (Å²) in [6.07, 6.45) is 41.4. The molecule has 4 atom stereocenters. The van der Waals surface area contributed by atoms with E-state index in [-0.39, 0.29) is 25.5 Å². The zero-order valence-electron chi connectivity index (χ0n) is 34.1. The average molecular weight is 766 g/mol. The third kappa shape index (κ3) is 36.6. The van der Waals surface area contributed by atoms with Gasteiger partial charge in [0.2, 0.25) is 5.91 Å². The van der Waals surface area contributed by atoms with Gasteiger partial charge in [0.05, 0.1) is 46.0 Å². The van der Waals surface area contributed by atoms with E-state index in [4.69, 9.17) is 9.05 Å². The largest absolute Gasteiger partial charge is 0.472 e. The number of phosphoric ester groups is 1. The number of nitrogens with one attached hydrogen (secondary N) is 1. The summed E-state index contributed by atoms with van der Waals surface area (Å²) in [7, 11) is 1.48. The van der Waals surface area contributed by atoms with Crippen molar-refractivity contribution < 1.29 is 38.0 Å². The molecule has 2 unspecified atom stereocenters. The predicted molar refractivity (Wildman–Crippen MR) is 222 cm³/mol. The molecule has 0 bridgehead atoms. The fraction of sp³-hybridized carbons (Fsp3) is 0.698. The zero-order chi connectivity index (χ0) is 39.5. The molecule has 0 saturated carbocycles. The summed E-state index contributed by atoms with van der Waals surface area (Å²) in [6.45, 7) is 4.54. The molecular weight excluding hydrogens is 687 g/mol. The highest BCUT2D eigenvalue weighted by Gasteiger charge is 2.27. The molecule has 306 valence electrons. The summed E-state index contributed by atoms with van der Waals surface area (Å²) < 4.78 is 23.4. The van der Waals surface area contributed by atoms with Crippen LogP contribution in [0.4, 0.5) is 0 Å². The lowest BCUT2D eigenvalue weighted by molar-refractivity contribution is -0.870. The van der Waals surface area contributed by atoms with Crippen molar-refractivity contribution in [1.82, 2.24) is 5.32 Å².